The van der Waals surface area contributed by atoms with Crippen molar-refractivity contribution in [2.45, 2.75) is 25.2 Å². The highest BCUT2D eigenvalue weighted by Crippen LogP contribution is 2.47. The molecule has 4 nitrogen and oxygen atoms in total. The molecule has 0 atom stereocenters. The Morgan fingerprint density at radius 2 is 1.90 bits per heavy atom. The number of aromatic nitrogens is 1. The number of aromatic carboxylic acids is 1. The third-order valence-electron chi connectivity index (χ3n) is 3.76. The van der Waals surface area contributed by atoms with E-state index in [2.05, 4.69) is 24.0 Å². The maximum absolute atomic E-state index is 10.7. The molecule has 1 aromatic carbocycles. The monoisotopic (exact) mass is 269 g/mol. The fourth-order valence-corrected chi connectivity index (χ4v) is 2.09. The average molecular weight is 269 g/mol. The number of carbonyl (C=O) groups is 1. The minimum absolute atomic E-state index is 0.148. The van der Waals surface area contributed by atoms with Crippen molar-refractivity contribution in [3.63, 3.8) is 0 Å². The van der Waals surface area contributed by atoms with Crippen molar-refractivity contribution >= 4 is 5.97 Å². The summed E-state index contributed by atoms with van der Waals surface area (Å²) < 4.78 is 5.60. The van der Waals surface area contributed by atoms with Gasteiger partial charge in [0.05, 0.1) is 5.56 Å². The summed E-state index contributed by atoms with van der Waals surface area (Å²) in [6, 6.07) is 11.0. The minimum Gasteiger partial charge on any atom is -0.478 e. The molecule has 20 heavy (non-hydrogen) atoms. The Labute approximate surface area is 117 Å². The van der Waals surface area contributed by atoms with Crippen molar-refractivity contribution in [3.05, 3.63) is 53.7 Å². The zero-order valence-electron chi connectivity index (χ0n) is 11.2. The zero-order chi connectivity index (χ0) is 14.2. The Hall–Kier alpha value is -2.36. The summed E-state index contributed by atoms with van der Waals surface area (Å²) in [6.07, 6.45) is 3.77. The second-order valence-corrected chi connectivity index (χ2v) is 5.38. The fraction of sp³-hybridized carbons (Fsp3) is 0.250. The normalized spacial score (nSPS) is 15.7. The quantitative estimate of drug-likeness (QED) is 0.920. The molecule has 0 saturated heterocycles. The summed E-state index contributed by atoms with van der Waals surface area (Å²) in [4.78, 5) is 14.7. The van der Waals surface area contributed by atoms with Gasteiger partial charge in [-0.25, -0.2) is 9.78 Å². The van der Waals surface area contributed by atoms with E-state index >= 15 is 0 Å². The molecule has 0 aliphatic heterocycles. The predicted octanol–water partition coefficient (Wildman–Crippen LogP) is 3.62. The van der Waals surface area contributed by atoms with Gasteiger partial charge < -0.3 is 9.84 Å². The second kappa shape index (κ2) is 4.63. The summed E-state index contributed by atoms with van der Waals surface area (Å²) in [5.74, 6) is 0.0973. The predicted molar refractivity (Wildman–Crippen MR) is 74.3 cm³/mol. The van der Waals surface area contributed by atoms with Crippen LogP contribution >= 0.6 is 0 Å². The summed E-state index contributed by atoms with van der Waals surface area (Å²) in [5, 5.41) is 8.80. The molecule has 2 aromatic rings. The first-order valence-corrected chi connectivity index (χ1v) is 6.55. The number of ether oxygens (including phenoxy) is 1. The number of hydrogen-bond donors (Lipinski definition) is 1. The van der Waals surface area contributed by atoms with Crippen LogP contribution in [0.4, 0.5) is 0 Å². The van der Waals surface area contributed by atoms with Gasteiger partial charge in [0.1, 0.15) is 5.75 Å². The molecular formula is C16H15NO3. The maximum Gasteiger partial charge on any atom is 0.337 e. The van der Waals surface area contributed by atoms with Gasteiger partial charge in [-0.3, -0.25) is 0 Å². The maximum atomic E-state index is 10.7. The Kier molecular flexibility index (Phi) is 2.93. The van der Waals surface area contributed by atoms with E-state index in [9.17, 15) is 4.79 Å². The fourth-order valence-electron chi connectivity index (χ4n) is 2.09. The van der Waals surface area contributed by atoms with Gasteiger partial charge in [-0.1, -0.05) is 19.1 Å². The van der Waals surface area contributed by atoms with E-state index in [4.69, 9.17) is 9.84 Å². The van der Waals surface area contributed by atoms with E-state index < -0.39 is 5.97 Å². The number of carboxylic acid groups (broad SMARTS) is 1. The summed E-state index contributed by atoms with van der Waals surface area (Å²) in [7, 11) is 0. The van der Waals surface area contributed by atoms with Crippen LogP contribution in [0.5, 0.6) is 11.6 Å². The van der Waals surface area contributed by atoms with Crippen molar-refractivity contribution < 1.29 is 14.6 Å². The molecule has 1 heterocycles. The van der Waals surface area contributed by atoms with Gasteiger partial charge in [-0.05, 0) is 42.0 Å². The lowest BCUT2D eigenvalue weighted by molar-refractivity contribution is 0.0696. The first-order chi connectivity index (χ1) is 9.57. The molecule has 0 unspecified atom stereocenters. The van der Waals surface area contributed by atoms with Crippen molar-refractivity contribution in [1.29, 1.82) is 0 Å². The van der Waals surface area contributed by atoms with Gasteiger partial charge in [0.25, 0.3) is 0 Å². The van der Waals surface area contributed by atoms with Gasteiger partial charge >= 0.3 is 5.97 Å². The number of pyridine rings is 1. The largest absolute Gasteiger partial charge is 0.478 e. The van der Waals surface area contributed by atoms with E-state index in [1.54, 1.807) is 6.07 Å². The molecule has 1 N–H and O–H groups in total. The molecule has 4 heteroatoms. The number of rotatable bonds is 4. The number of benzene rings is 1. The molecule has 1 aliphatic rings. The highest BCUT2D eigenvalue weighted by atomic mass is 16.5. The number of hydrogen-bond acceptors (Lipinski definition) is 3. The van der Waals surface area contributed by atoms with Crippen molar-refractivity contribution in [2.75, 3.05) is 0 Å². The minimum atomic E-state index is -0.994. The number of nitrogens with zero attached hydrogens (tertiary/aromatic N) is 1. The van der Waals surface area contributed by atoms with Gasteiger partial charge in [0, 0.05) is 12.3 Å². The van der Waals surface area contributed by atoms with Crippen molar-refractivity contribution in [2.24, 2.45) is 0 Å². The molecule has 102 valence electrons. The molecule has 1 fully saturated rings. The van der Waals surface area contributed by atoms with Crippen molar-refractivity contribution in [1.82, 2.24) is 4.98 Å². The Balaban J connectivity index is 1.72. The Morgan fingerprint density at radius 1 is 1.20 bits per heavy atom. The van der Waals surface area contributed by atoms with Crippen LogP contribution in [0.15, 0.2) is 42.6 Å². The second-order valence-electron chi connectivity index (χ2n) is 5.38. The van der Waals surface area contributed by atoms with E-state index in [-0.39, 0.29) is 5.56 Å². The van der Waals surface area contributed by atoms with Crippen LogP contribution in [0.1, 0.15) is 35.7 Å². The van der Waals surface area contributed by atoms with Gasteiger partial charge in [0.2, 0.25) is 5.88 Å². The lowest BCUT2D eigenvalue weighted by Crippen LogP contribution is -1.99. The average Bonchev–Trinajstić information content (AvgIpc) is 3.19. The smallest absolute Gasteiger partial charge is 0.337 e. The van der Waals surface area contributed by atoms with Crippen LogP contribution in [-0.2, 0) is 5.41 Å². The lowest BCUT2D eigenvalue weighted by Gasteiger charge is -2.10. The Bertz CT molecular complexity index is 628. The summed E-state index contributed by atoms with van der Waals surface area (Å²) in [5.41, 5.74) is 1.83. The van der Waals surface area contributed by atoms with Gasteiger partial charge in [-0.15, -0.1) is 0 Å². The lowest BCUT2D eigenvalue weighted by atomic mass is 9.99. The van der Waals surface area contributed by atoms with Crippen molar-refractivity contribution in [3.8, 4) is 11.6 Å². The van der Waals surface area contributed by atoms with Crippen LogP contribution < -0.4 is 4.74 Å². The van der Waals surface area contributed by atoms with Crippen LogP contribution in [0.3, 0.4) is 0 Å². The molecule has 0 radical (unpaired) electrons. The summed E-state index contributed by atoms with van der Waals surface area (Å²) in [6.45, 7) is 2.26. The molecule has 0 bridgehead atoms. The van der Waals surface area contributed by atoms with Crippen LogP contribution in [-0.4, -0.2) is 16.1 Å². The van der Waals surface area contributed by atoms with E-state index in [0.29, 0.717) is 17.0 Å². The number of carboxylic acids is 1. The first kappa shape index (κ1) is 12.7. The zero-order valence-corrected chi connectivity index (χ0v) is 11.2. The topological polar surface area (TPSA) is 59.4 Å². The molecule has 0 amide bonds. The van der Waals surface area contributed by atoms with Crippen LogP contribution in [0.25, 0.3) is 0 Å². The molecule has 1 aliphatic carbocycles. The molecule has 0 spiro atoms. The van der Waals surface area contributed by atoms with Gasteiger partial charge in [0.15, 0.2) is 0 Å². The van der Waals surface area contributed by atoms with Crippen LogP contribution in [0, 0.1) is 0 Å². The van der Waals surface area contributed by atoms with E-state index in [0.717, 1.165) is 0 Å². The van der Waals surface area contributed by atoms with Gasteiger partial charge in [-0.2, -0.15) is 0 Å². The summed E-state index contributed by atoms with van der Waals surface area (Å²) >= 11 is 0. The SMILES string of the molecule is CC1(c2ccc(Oc3ccc(C(=O)O)cn3)cc2)CC1. The molecule has 1 aromatic heterocycles. The first-order valence-electron chi connectivity index (χ1n) is 6.55. The highest BCUT2D eigenvalue weighted by Gasteiger charge is 2.38. The van der Waals surface area contributed by atoms with E-state index in [1.807, 2.05) is 12.1 Å². The van der Waals surface area contributed by atoms with E-state index in [1.165, 1.54) is 30.7 Å². The Morgan fingerprint density at radius 3 is 2.40 bits per heavy atom. The molecule has 3 rings (SSSR count). The standard InChI is InChI=1S/C16H15NO3/c1-16(8-9-16)12-3-5-13(6-4-12)20-14-7-2-11(10-17-14)15(18)19/h2-7,10H,8-9H2,1H3,(H,18,19). The van der Waals surface area contributed by atoms with Crippen LogP contribution in [0.2, 0.25) is 0 Å². The molecular weight excluding hydrogens is 254 g/mol. The molecule has 1 saturated carbocycles. The third kappa shape index (κ3) is 2.50. The third-order valence-corrected chi connectivity index (χ3v) is 3.76. The highest BCUT2D eigenvalue weighted by molar-refractivity contribution is 5.87.